The molecule has 3 rings (SSSR count). The van der Waals surface area contributed by atoms with Gasteiger partial charge in [-0.3, -0.25) is 0 Å². The zero-order valence-electron chi connectivity index (χ0n) is 9.97. The van der Waals surface area contributed by atoms with Crippen LogP contribution in [0, 0.1) is 0 Å². The maximum atomic E-state index is 5.99. The molecule has 0 saturated heterocycles. The molecule has 5 heteroatoms. The quantitative estimate of drug-likeness (QED) is 0.676. The third-order valence-corrected chi connectivity index (χ3v) is 3.56. The highest BCUT2D eigenvalue weighted by molar-refractivity contribution is 9.10. The van der Waals surface area contributed by atoms with Crippen molar-refractivity contribution in [3.05, 3.63) is 46.9 Å². The number of hydrogen-bond acceptors (Lipinski definition) is 4. The van der Waals surface area contributed by atoms with Gasteiger partial charge in [0.05, 0.1) is 5.52 Å². The minimum Gasteiger partial charge on any atom is -0.399 e. The average Bonchev–Trinajstić information content (AvgIpc) is 2.40. The highest BCUT2D eigenvalue weighted by atomic mass is 79.9. The fraction of sp³-hybridized carbons (Fsp3) is 0. The number of rotatable bonds is 1. The first-order valence-corrected chi connectivity index (χ1v) is 6.52. The van der Waals surface area contributed by atoms with Crippen LogP contribution in [-0.4, -0.2) is 9.97 Å². The third kappa shape index (κ3) is 2.13. The first-order chi connectivity index (χ1) is 9.15. The molecule has 0 radical (unpaired) electrons. The SMILES string of the molecule is Nc1ccc2nc(-c3ccccc3Br)nc(N)c2c1. The van der Waals surface area contributed by atoms with Gasteiger partial charge in [0.2, 0.25) is 0 Å². The molecule has 94 valence electrons. The van der Waals surface area contributed by atoms with Gasteiger partial charge in [0.1, 0.15) is 5.82 Å². The van der Waals surface area contributed by atoms with Gasteiger partial charge >= 0.3 is 0 Å². The van der Waals surface area contributed by atoms with Gasteiger partial charge in [-0.25, -0.2) is 9.97 Å². The van der Waals surface area contributed by atoms with Crippen LogP contribution in [0.25, 0.3) is 22.3 Å². The van der Waals surface area contributed by atoms with E-state index < -0.39 is 0 Å². The van der Waals surface area contributed by atoms with Crippen molar-refractivity contribution in [1.82, 2.24) is 9.97 Å². The molecule has 4 N–H and O–H groups in total. The Morgan fingerprint density at radius 2 is 1.74 bits per heavy atom. The summed E-state index contributed by atoms with van der Waals surface area (Å²) in [5.74, 6) is 1.03. The Labute approximate surface area is 118 Å². The summed E-state index contributed by atoms with van der Waals surface area (Å²) in [7, 11) is 0. The van der Waals surface area contributed by atoms with Gasteiger partial charge in [-0.2, -0.15) is 0 Å². The Bertz CT molecular complexity index is 770. The summed E-state index contributed by atoms with van der Waals surface area (Å²) in [6.07, 6.45) is 0. The number of nitrogen functional groups attached to an aromatic ring is 2. The highest BCUT2D eigenvalue weighted by Crippen LogP contribution is 2.28. The Morgan fingerprint density at radius 1 is 0.947 bits per heavy atom. The van der Waals surface area contributed by atoms with Crippen LogP contribution in [0.3, 0.4) is 0 Å². The fourth-order valence-electron chi connectivity index (χ4n) is 1.93. The van der Waals surface area contributed by atoms with Gasteiger partial charge < -0.3 is 11.5 Å². The second-order valence-corrected chi connectivity index (χ2v) is 5.04. The Balaban J connectivity index is 2.27. The topological polar surface area (TPSA) is 77.8 Å². The average molecular weight is 315 g/mol. The first kappa shape index (κ1) is 11.9. The predicted molar refractivity (Wildman–Crippen MR) is 81.5 cm³/mol. The molecule has 0 spiro atoms. The molecule has 19 heavy (non-hydrogen) atoms. The van der Waals surface area contributed by atoms with E-state index in [1.54, 1.807) is 12.1 Å². The van der Waals surface area contributed by atoms with Gasteiger partial charge in [-0.05, 0) is 24.3 Å². The number of nitrogens with two attached hydrogens (primary N) is 2. The van der Waals surface area contributed by atoms with Crippen LogP contribution in [0.4, 0.5) is 11.5 Å². The number of anilines is 2. The van der Waals surface area contributed by atoms with Crippen LogP contribution < -0.4 is 11.5 Å². The summed E-state index contributed by atoms with van der Waals surface area (Å²) >= 11 is 3.49. The molecule has 0 unspecified atom stereocenters. The van der Waals surface area contributed by atoms with Crippen LogP contribution >= 0.6 is 15.9 Å². The van der Waals surface area contributed by atoms with Gasteiger partial charge in [0.25, 0.3) is 0 Å². The molecular formula is C14H11BrN4. The maximum Gasteiger partial charge on any atom is 0.163 e. The van der Waals surface area contributed by atoms with Crippen LogP contribution in [-0.2, 0) is 0 Å². The molecule has 4 nitrogen and oxygen atoms in total. The molecule has 0 aliphatic heterocycles. The van der Waals surface area contributed by atoms with Gasteiger partial charge in [0.15, 0.2) is 5.82 Å². The van der Waals surface area contributed by atoms with Crippen LogP contribution in [0.15, 0.2) is 46.9 Å². The lowest BCUT2D eigenvalue weighted by atomic mass is 10.1. The smallest absolute Gasteiger partial charge is 0.163 e. The van der Waals surface area contributed by atoms with Crippen molar-refractivity contribution < 1.29 is 0 Å². The second-order valence-electron chi connectivity index (χ2n) is 4.19. The van der Waals surface area contributed by atoms with E-state index in [1.165, 1.54) is 0 Å². The summed E-state index contributed by atoms with van der Waals surface area (Å²) < 4.78 is 0.934. The van der Waals surface area contributed by atoms with Crippen molar-refractivity contribution in [3.8, 4) is 11.4 Å². The van der Waals surface area contributed by atoms with Gasteiger partial charge in [0, 0.05) is 21.1 Å². The van der Waals surface area contributed by atoms with E-state index in [0.29, 0.717) is 17.3 Å². The van der Waals surface area contributed by atoms with E-state index in [2.05, 4.69) is 25.9 Å². The molecule has 0 atom stereocenters. The Morgan fingerprint density at radius 3 is 2.53 bits per heavy atom. The minimum absolute atomic E-state index is 0.433. The molecule has 2 aromatic carbocycles. The standard InChI is InChI=1S/C14H11BrN4/c15-11-4-2-1-3-9(11)14-18-12-6-5-8(16)7-10(12)13(17)19-14/h1-7H,16H2,(H2,17,18,19). The number of nitrogens with zero attached hydrogens (tertiary/aromatic N) is 2. The van der Waals surface area contributed by atoms with Gasteiger partial charge in [-0.1, -0.05) is 34.1 Å². The number of halogens is 1. The van der Waals surface area contributed by atoms with E-state index >= 15 is 0 Å². The van der Waals surface area contributed by atoms with Crippen molar-refractivity contribution >= 4 is 38.3 Å². The fourth-order valence-corrected chi connectivity index (χ4v) is 2.39. The number of hydrogen-bond donors (Lipinski definition) is 2. The summed E-state index contributed by atoms with van der Waals surface area (Å²) in [4.78, 5) is 8.89. The molecule has 0 aliphatic carbocycles. The van der Waals surface area contributed by atoms with Crippen molar-refractivity contribution in [3.63, 3.8) is 0 Å². The molecule has 0 saturated carbocycles. The molecule has 0 aliphatic rings. The lowest BCUT2D eigenvalue weighted by Gasteiger charge is -2.07. The van der Waals surface area contributed by atoms with Crippen LogP contribution in [0.2, 0.25) is 0 Å². The van der Waals surface area contributed by atoms with Gasteiger partial charge in [-0.15, -0.1) is 0 Å². The first-order valence-electron chi connectivity index (χ1n) is 5.73. The molecule has 0 fully saturated rings. The molecule has 0 bridgehead atoms. The Hall–Kier alpha value is -2.14. The zero-order chi connectivity index (χ0) is 13.4. The largest absolute Gasteiger partial charge is 0.399 e. The monoisotopic (exact) mass is 314 g/mol. The summed E-state index contributed by atoms with van der Waals surface area (Å²) in [6, 6.07) is 13.2. The van der Waals surface area contributed by atoms with Crippen molar-refractivity contribution in [1.29, 1.82) is 0 Å². The second kappa shape index (κ2) is 4.51. The van der Waals surface area contributed by atoms with Crippen LogP contribution in [0.1, 0.15) is 0 Å². The molecular weight excluding hydrogens is 304 g/mol. The summed E-state index contributed by atoms with van der Waals surface area (Å²) in [5, 5.41) is 0.774. The number of aromatic nitrogens is 2. The Kier molecular flexibility index (Phi) is 2.83. The third-order valence-electron chi connectivity index (χ3n) is 2.86. The maximum absolute atomic E-state index is 5.99. The molecule has 1 heterocycles. The van der Waals surface area contributed by atoms with E-state index in [9.17, 15) is 0 Å². The lowest BCUT2D eigenvalue weighted by molar-refractivity contribution is 1.23. The number of benzene rings is 2. The van der Waals surface area contributed by atoms with Crippen molar-refractivity contribution in [2.24, 2.45) is 0 Å². The normalized spacial score (nSPS) is 10.8. The van der Waals surface area contributed by atoms with Crippen molar-refractivity contribution in [2.75, 3.05) is 11.5 Å². The molecule has 0 amide bonds. The summed E-state index contributed by atoms with van der Waals surface area (Å²) in [5.41, 5.74) is 14.1. The zero-order valence-corrected chi connectivity index (χ0v) is 11.6. The van der Waals surface area contributed by atoms with E-state index in [-0.39, 0.29) is 0 Å². The summed E-state index contributed by atoms with van der Waals surface area (Å²) in [6.45, 7) is 0. The lowest BCUT2D eigenvalue weighted by Crippen LogP contribution is -1.99. The van der Waals surface area contributed by atoms with E-state index in [1.807, 2.05) is 30.3 Å². The van der Waals surface area contributed by atoms with Crippen molar-refractivity contribution in [2.45, 2.75) is 0 Å². The molecule has 3 aromatic rings. The van der Waals surface area contributed by atoms with E-state index in [4.69, 9.17) is 11.5 Å². The number of fused-ring (bicyclic) bond motifs is 1. The van der Waals surface area contributed by atoms with E-state index in [0.717, 1.165) is 20.9 Å². The highest BCUT2D eigenvalue weighted by Gasteiger charge is 2.09. The van der Waals surface area contributed by atoms with Crippen LogP contribution in [0.5, 0.6) is 0 Å². The predicted octanol–water partition coefficient (Wildman–Crippen LogP) is 3.22. The minimum atomic E-state index is 0.433. The molecule has 1 aromatic heterocycles.